The van der Waals surface area contributed by atoms with E-state index in [4.69, 9.17) is 11.6 Å². The Labute approximate surface area is 218 Å². The lowest BCUT2D eigenvalue weighted by molar-refractivity contribution is -0.207. The number of alkyl halides is 3. The van der Waals surface area contributed by atoms with Crippen LogP contribution in [0.1, 0.15) is 18.7 Å². The summed E-state index contributed by atoms with van der Waals surface area (Å²) in [5.41, 5.74) is -0.127. The van der Waals surface area contributed by atoms with Crippen LogP contribution in [-0.2, 0) is 13.1 Å². The minimum absolute atomic E-state index is 0.0840. The Morgan fingerprint density at radius 1 is 1.05 bits per heavy atom. The Hall–Kier alpha value is -3.71. The molecule has 38 heavy (non-hydrogen) atoms. The highest BCUT2D eigenvalue weighted by molar-refractivity contribution is 6.30. The summed E-state index contributed by atoms with van der Waals surface area (Å²) in [5, 5.41) is 18.8. The minimum Gasteiger partial charge on any atom is -0.382 e. The second-order valence-electron chi connectivity index (χ2n) is 8.85. The Kier molecular flexibility index (Phi) is 6.97. The zero-order chi connectivity index (χ0) is 27.0. The second kappa shape index (κ2) is 10.2. The highest BCUT2D eigenvalue weighted by Crippen LogP contribution is 2.25. The van der Waals surface area contributed by atoms with E-state index in [2.05, 4.69) is 15.2 Å². The fourth-order valence-corrected chi connectivity index (χ4v) is 4.37. The van der Waals surface area contributed by atoms with Crippen molar-refractivity contribution in [2.45, 2.75) is 38.2 Å². The number of hydrogen-bond acceptors (Lipinski definition) is 6. The Morgan fingerprint density at radius 2 is 1.76 bits per heavy atom. The first-order chi connectivity index (χ1) is 18.1. The van der Waals surface area contributed by atoms with Gasteiger partial charge in [-0.05, 0) is 55.3 Å². The molecule has 9 nitrogen and oxygen atoms in total. The van der Waals surface area contributed by atoms with Crippen molar-refractivity contribution in [1.82, 2.24) is 29.1 Å². The molecular weight excluding hydrogens is 530 g/mol. The van der Waals surface area contributed by atoms with Gasteiger partial charge >= 0.3 is 11.9 Å². The molecule has 0 radical (unpaired) electrons. The van der Waals surface area contributed by atoms with Crippen molar-refractivity contribution in [2.24, 2.45) is 0 Å². The molecule has 14 heteroatoms. The second-order valence-corrected chi connectivity index (χ2v) is 9.29. The van der Waals surface area contributed by atoms with Crippen molar-refractivity contribution < 1.29 is 22.7 Å². The van der Waals surface area contributed by atoms with Crippen molar-refractivity contribution >= 4 is 17.5 Å². The summed E-state index contributed by atoms with van der Waals surface area (Å²) in [4.78, 5) is 19.7. The predicted octanol–water partition coefficient (Wildman–Crippen LogP) is 3.66. The number of anilines is 1. The molecule has 0 bridgehead atoms. The van der Waals surface area contributed by atoms with Crippen molar-refractivity contribution in [3.63, 3.8) is 0 Å². The van der Waals surface area contributed by atoms with E-state index in [-0.39, 0.29) is 18.2 Å². The van der Waals surface area contributed by atoms with Crippen LogP contribution in [0.2, 0.25) is 5.02 Å². The number of nitrogens with zero attached hydrogens (tertiary/aromatic N) is 7. The van der Waals surface area contributed by atoms with Crippen LogP contribution in [-0.4, -0.2) is 59.6 Å². The first-order valence-electron chi connectivity index (χ1n) is 11.8. The smallest absolute Gasteiger partial charge is 0.382 e. The van der Waals surface area contributed by atoms with E-state index in [0.29, 0.717) is 22.2 Å². The molecule has 1 N–H and O–H groups in total. The molecule has 4 aromatic rings. The first kappa shape index (κ1) is 25.9. The van der Waals surface area contributed by atoms with Gasteiger partial charge in [0, 0.05) is 23.7 Å². The van der Waals surface area contributed by atoms with Gasteiger partial charge in [-0.2, -0.15) is 22.8 Å². The fraction of sp³-hybridized carbons (Fsp3) is 0.333. The van der Waals surface area contributed by atoms with Gasteiger partial charge < -0.3 is 10.0 Å². The lowest BCUT2D eigenvalue weighted by Crippen LogP contribution is -2.37. The topological polar surface area (TPSA) is 94.0 Å². The third-order valence-corrected chi connectivity index (χ3v) is 6.38. The summed E-state index contributed by atoms with van der Waals surface area (Å²) in [6.45, 7) is 0.123. The molecule has 1 aliphatic rings. The molecule has 1 atom stereocenters. The van der Waals surface area contributed by atoms with Crippen molar-refractivity contribution in [3.05, 3.63) is 75.7 Å². The molecule has 3 heterocycles. The maximum absolute atomic E-state index is 13.9. The maximum atomic E-state index is 13.9. The number of hydrogen-bond donors (Lipinski definition) is 1. The number of aromatic nitrogens is 6. The number of aliphatic hydroxyl groups is 1. The molecule has 0 amide bonds. The molecule has 0 aliphatic carbocycles. The van der Waals surface area contributed by atoms with Gasteiger partial charge in [0.1, 0.15) is 12.4 Å². The zero-order valence-electron chi connectivity index (χ0n) is 19.8. The van der Waals surface area contributed by atoms with Crippen LogP contribution in [0.25, 0.3) is 17.1 Å². The molecule has 5 rings (SSSR count). The predicted molar refractivity (Wildman–Crippen MR) is 131 cm³/mol. The normalized spacial score (nSPS) is 14.8. The van der Waals surface area contributed by atoms with E-state index in [9.17, 15) is 27.5 Å². The van der Waals surface area contributed by atoms with Crippen LogP contribution in [0, 0.1) is 5.82 Å². The highest BCUT2D eigenvalue weighted by atomic mass is 35.5. The molecule has 1 saturated heterocycles. The monoisotopic (exact) mass is 551 g/mol. The van der Waals surface area contributed by atoms with E-state index >= 15 is 0 Å². The van der Waals surface area contributed by atoms with Gasteiger partial charge in [-0.3, -0.25) is 4.57 Å². The van der Waals surface area contributed by atoms with Crippen LogP contribution >= 0.6 is 11.6 Å². The quantitative estimate of drug-likeness (QED) is 0.352. The van der Waals surface area contributed by atoms with Crippen molar-refractivity contribution in [1.29, 1.82) is 0 Å². The van der Waals surface area contributed by atoms with Crippen LogP contribution in [0.15, 0.2) is 53.3 Å². The molecule has 0 unspecified atom stereocenters. The van der Waals surface area contributed by atoms with Gasteiger partial charge in [-0.15, -0.1) is 10.2 Å². The van der Waals surface area contributed by atoms with Crippen LogP contribution in [0.3, 0.4) is 0 Å². The first-order valence-corrected chi connectivity index (χ1v) is 12.1. The van der Waals surface area contributed by atoms with Crippen LogP contribution < -0.4 is 10.6 Å². The van der Waals surface area contributed by atoms with E-state index < -0.39 is 30.3 Å². The average Bonchev–Trinajstić information content (AvgIpc) is 3.60. The number of benzene rings is 2. The lowest BCUT2D eigenvalue weighted by atomic mass is 10.2. The SMILES string of the molecule is O=c1n(Cc2nc(N3CCCC3)n(-c3cccc(F)c3)n2)nc(-c2ccc(Cl)cc2)n1C[C@H](O)C(F)(F)F. The Morgan fingerprint density at radius 3 is 2.42 bits per heavy atom. The Bertz CT molecular complexity index is 1490. The molecule has 1 fully saturated rings. The molecule has 0 spiro atoms. The molecular formula is C24H22ClF4N7O2. The van der Waals surface area contributed by atoms with E-state index in [1.807, 2.05) is 4.90 Å². The third kappa shape index (κ3) is 5.29. The standard InChI is InChI=1S/C24H22ClF4N7O2/c25-16-8-6-15(7-9-16)21-32-35(23(38)34(21)13-19(37)24(27,28)29)14-20-30-22(33-10-1-2-11-33)36(31-20)18-5-3-4-17(26)12-18/h3-9,12,19,37H,1-2,10-11,13-14H2/t19-/m0/s1. The van der Waals surface area contributed by atoms with Gasteiger partial charge in [-0.1, -0.05) is 17.7 Å². The summed E-state index contributed by atoms with van der Waals surface area (Å²) >= 11 is 5.93. The van der Waals surface area contributed by atoms with E-state index in [1.54, 1.807) is 6.07 Å². The van der Waals surface area contributed by atoms with Gasteiger partial charge in [-0.25, -0.2) is 13.9 Å². The van der Waals surface area contributed by atoms with Gasteiger partial charge in [0.2, 0.25) is 5.95 Å². The summed E-state index contributed by atoms with van der Waals surface area (Å²) in [7, 11) is 0. The largest absolute Gasteiger partial charge is 0.416 e. The molecule has 2 aromatic carbocycles. The average molecular weight is 552 g/mol. The minimum atomic E-state index is -4.94. The van der Waals surface area contributed by atoms with Crippen molar-refractivity contribution in [2.75, 3.05) is 18.0 Å². The molecule has 1 aliphatic heterocycles. The number of rotatable bonds is 7. The van der Waals surface area contributed by atoms with Gasteiger partial charge in [0.15, 0.2) is 17.8 Å². The summed E-state index contributed by atoms with van der Waals surface area (Å²) in [6, 6.07) is 11.8. The fourth-order valence-electron chi connectivity index (χ4n) is 4.25. The summed E-state index contributed by atoms with van der Waals surface area (Å²) in [5.74, 6) is 0.0694. The van der Waals surface area contributed by atoms with Crippen LogP contribution in [0.5, 0.6) is 0 Å². The van der Waals surface area contributed by atoms with E-state index in [0.717, 1.165) is 35.2 Å². The zero-order valence-corrected chi connectivity index (χ0v) is 20.6. The maximum Gasteiger partial charge on any atom is 0.416 e. The van der Waals surface area contributed by atoms with Crippen LogP contribution in [0.4, 0.5) is 23.5 Å². The van der Waals surface area contributed by atoms with Gasteiger partial charge in [0.25, 0.3) is 0 Å². The Balaban J connectivity index is 1.55. The molecule has 0 saturated carbocycles. The highest BCUT2D eigenvalue weighted by Gasteiger charge is 2.39. The third-order valence-electron chi connectivity index (χ3n) is 6.13. The summed E-state index contributed by atoms with van der Waals surface area (Å²) < 4.78 is 56.5. The molecule has 200 valence electrons. The van der Waals surface area contributed by atoms with Gasteiger partial charge in [0.05, 0.1) is 12.2 Å². The number of aliphatic hydroxyl groups excluding tert-OH is 1. The molecule has 2 aromatic heterocycles. The lowest BCUT2D eigenvalue weighted by Gasteiger charge is -2.16. The number of halogens is 5. The summed E-state index contributed by atoms with van der Waals surface area (Å²) in [6.07, 6.45) is -5.83. The van der Waals surface area contributed by atoms with Crippen molar-refractivity contribution in [3.8, 4) is 17.1 Å². The van der Waals surface area contributed by atoms with E-state index in [1.165, 1.54) is 47.1 Å².